The number of hydrogen-bond donors (Lipinski definition) is 1. The van der Waals surface area contributed by atoms with Crippen molar-refractivity contribution >= 4 is 27.7 Å². The minimum atomic E-state index is -0.262. The standard InChI is InChI=1S/C12H17BrFNS/c1-12(2,3)16-7-10(15)8-5-4-6-9(13)11(8)14/h4-6,10H,7,15H2,1-3H3. The van der Waals surface area contributed by atoms with Crippen molar-refractivity contribution in [1.29, 1.82) is 0 Å². The Morgan fingerprint density at radius 2 is 2.06 bits per heavy atom. The van der Waals surface area contributed by atoms with Gasteiger partial charge in [0, 0.05) is 22.1 Å². The lowest BCUT2D eigenvalue weighted by atomic mass is 10.1. The first-order chi connectivity index (χ1) is 7.31. The third kappa shape index (κ3) is 4.07. The van der Waals surface area contributed by atoms with Gasteiger partial charge in [0.05, 0.1) is 4.47 Å². The molecule has 0 bridgehead atoms. The minimum Gasteiger partial charge on any atom is -0.323 e. The fraction of sp³-hybridized carbons (Fsp3) is 0.500. The van der Waals surface area contributed by atoms with E-state index in [-0.39, 0.29) is 16.6 Å². The van der Waals surface area contributed by atoms with Crippen LogP contribution < -0.4 is 5.73 Å². The average Bonchev–Trinajstić information content (AvgIpc) is 2.17. The van der Waals surface area contributed by atoms with Gasteiger partial charge >= 0.3 is 0 Å². The Bertz CT molecular complexity index is 363. The average molecular weight is 306 g/mol. The van der Waals surface area contributed by atoms with Crippen LogP contribution in [0.5, 0.6) is 0 Å². The lowest BCUT2D eigenvalue weighted by molar-refractivity contribution is 0.588. The van der Waals surface area contributed by atoms with E-state index in [1.165, 1.54) is 0 Å². The van der Waals surface area contributed by atoms with Gasteiger partial charge in [0.1, 0.15) is 5.82 Å². The number of nitrogens with two attached hydrogens (primary N) is 1. The molecule has 1 atom stereocenters. The molecule has 0 radical (unpaired) electrons. The Balaban J connectivity index is 2.73. The van der Waals surface area contributed by atoms with Crippen molar-refractivity contribution in [1.82, 2.24) is 0 Å². The van der Waals surface area contributed by atoms with E-state index >= 15 is 0 Å². The van der Waals surface area contributed by atoms with Crippen molar-refractivity contribution in [2.45, 2.75) is 31.6 Å². The molecule has 1 unspecified atom stereocenters. The highest BCUT2D eigenvalue weighted by Gasteiger charge is 2.17. The zero-order valence-corrected chi connectivity index (χ0v) is 12.2. The zero-order chi connectivity index (χ0) is 12.3. The number of rotatable bonds is 3. The van der Waals surface area contributed by atoms with Crippen molar-refractivity contribution in [2.75, 3.05) is 5.75 Å². The van der Waals surface area contributed by atoms with Gasteiger partial charge in [-0.25, -0.2) is 4.39 Å². The Labute approximate surface area is 109 Å². The molecule has 4 heteroatoms. The third-order valence-electron chi connectivity index (χ3n) is 2.08. The lowest BCUT2D eigenvalue weighted by Gasteiger charge is -2.21. The maximum absolute atomic E-state index is 13.7. The summed E-state index contributed by atoms with van der Waals surface area (Å²) >= 11 is 4.91. The second kappa shape index (κ2) is 5.52. The smallest absolute Gasteiger partial charge is 0.142 e. The maximum atomic E-state index is 13.7. The van der Waals surface area contributed by atoms with Crippen LogP contribution in [0.25, 0.3) is 0 Å². The summed E-state index contributed by atoms with van der Waals surface area (Å²) in [7, 11) is 0. The van der Waals surface area contributed by atoms with Gasteiger partial charge < -0.3 is 5.73 Å². The molecular weight excluding hydrogens is 289 g/mol. The van der Waals surface area contributed by atoms with Crippen LogP contribution in [-0.4, -0.2) is 10.5 Å². The molecule has 1 aromatic carbocycles. The van der Waals surface area contributed by atoms with Gasteiger partial charge in [0.2, 0.25) is 0 Å². The van der Waals surface area contributed by atoms with Gasteiger partial charge in [0.25, 0.3) is 0 Å². The highest BCUT2D eigenvalue weighted by atomic mass is 79.9. The van der Waals surface area contributed by atoms with Gasteiger partial charge in [-0.1, -0.05) is 32.9 Å². The first-order valence-corrected chi connectivity index (χ1v) is 6.92. The lowest BCUT2D eigenvalue weighted by Crippen LogP contribution is -2.19. The van der Waals surface area contributed by atoms with E-state index in [0.717, 1.165) is 5.75 Å². The second-order valence-electron chi connectivity index (χ2n) is 4.67. The summed E-state index contributed by atoms with van der Waals surface area (Å²) in [5, 5.41) is 0. The highest BCUT2D eigenvalue weighted by Crippen LogP contribution is 2.29. The van der Waals surface area contributed by atoms with Crippen molar-refractivity contribution < 1.29 is 4.39 Å². The SMILES string of the molecule is CC(C)(C)SCC(N)c1cccc(Br)c1F. The van der Waals surface area contributed by atoms with Crippen molar-refractivity contribution in [3.63, 3.8) is 0 Å². The van der Waals surface area contributed by atoms with Gasteiger partial charge in [0.15, 0.2) is 0 Å². The molecule has 1 rings (SSSR count). The van der Waals surface area contributed by atoms with E-state index < -0.39 is 0 Å². The Morgan fingerprint density at radius 3 is 2.62 bits per heavy atom. The first kappa shape index (κ1) is 14.0. The predicted molar refractivity (Wildman–Crippen MR) is 73.2 cm³/mol. The zero-order valence-electron chi connectivity index (χ0n) is 9.76. The molecule has 0 spiro atoms. The van der Waals surface area contributed by atoms with E-state index in [1.54, 1.807) is 23.9 Å². The molecule has 0 aliphatic heterocycles. The molecule has 0 saturated heterocycles. The summed E-state index contributed by atoms with van der Waals surface area (Å²) in [6, 6.07) is 4.97. The minimum absolute atomic E-state index is 0.153. The summed E-state index contributed by atoms with van der Waals surface area (Å²) in [5.74, 6) is 0.473. The van der Waals surface area contributed by atoms with E-state index in [4.69, 9.17) is 5.73 Å². The van der Waals surface area contributed by atoms with Crippen LogP contribution in [-0.2, 0) is 0 Å². The number of benzene rings is 1. The van der Waals surface area contributed by atoms with E-state index in [1.807, 2.05) is 6.07 Å². The highest BCUT2D eigenvalue weighted by molar-refractivity contribution is 9.10. The molecule has 0 heterocycles. The van der Waals surface area contributed by atoms with Gasteiger partial charge in [-0.15, -0.1) is 0 Å². The normalized spacial score (nSPS) is 13.9. The largest absolute Gasteiger partial charge is 0.323 e. The molecule has 90 valence electrons. The molecule has 2 N–H and O–H groups in total. The van der Waals surface area contributed by atoms with E-state index in [2.05, 4.69) is 36.7 Å². The quantitative estimate of drug-likeness (QED) is 0.909. The van der Waals surface area contributed by atoms with Gasteiger partial charge in [-0.2, -0.15) is 11.8 Å². The van der Waals surface area contributed by atoms with Gasteiger partial charge in [-0.05, 0) is 22.0 Å². The summed E-state index contributed by atoms with van der Waals surface area (Å²) in [6.45, 7) is 6.38. The molecule has 1 nitrogen and oxygen atoms in total. The predicted octanol–water partition coefficient (Wildman–Crippen LogP) is 4.12. The molecule has 0 aromatic heterocycles. The topological polar surface area (TPSA) is 26.0 Å². The van der Waals surface area contributed by atoms with Crippen LogP contribution in [0.15, 0.2) is 22.7 Å². The molecule has 0 fully saturated rings. The molecule has 0 aliphatic carbocycles. The van der Waals surface area contributed by atoms with Crippen molar-refractivity contribution in [3.8, 4) is 0 Å². The van der Waals surface area contributed by atoms with E-state index in [9.17, 15) is 4.39 Å². The van der Waals surface area contributed by atoms with Crippen LogP contribution in [0, 0.1) is 5.82 Å². The molecule has 0 saturated carbocycles. The molecule has 1 aromatic rings. The first-order valence-electron chi connectivity index (χ1n) is 5.15. The second-order valence-corrected chi connectivity index (χ2v) is 7.37. The molecular formula is C12H17BrFNS. The van der Waals surface area contributed by atoms with E-state index in [0.29, 0.717) is 10.0 Å². The Morgan fingerprint density at radius 1 is 1.44 bits per heavy atom. The third-order valence-corrected chi connectivity index (χ3v) is 4.08. The van der Waals surface area contributed by atoms with Crippen LogP contribution in [0.4, 0.5) is 4.39 Å². The number of thioether (sulfide) groups is 1. The molecule has 0 aliphatic rings. The van der Waals surface area contributed by atoms with Gasteiger partial charge in [-0.3, -0.25) is 0 Å². The summed E-state index contributed by atoms with van der Waals surface area (Å²) in [6.07, 6.45) is 0. The van der Waals surface area contributed by atoms with Crippen LogP contribution in [0.2, 0.25) is 0 Å². The van der Waals surface area contributed by atoms with Crippen LogP contribution in [0.1, 0.15) is 32.4 Å². The number of halogens is 2. The summed E-state index contributed by atoms with van der Waals surface area (Å²) in [4.78, 5) is 0. The maximum Gasteiger partial charge on any atom is 0.142 e. The Hall–Kier alpha value is -0.0600. The molecule has 16 heavy (non-hydrogen) atoms. The fourth-order valence-corrected chi connectivity index (χ4v) is 2.48. The fourth-order valence-electron chi connectivity index (χ4n) is 1.24. The van der Waals surface area contributed by atoms with Crippen molar-refractivity contribution in [3.05, 3.63) is 34.1 Å². The Kier molecular flexibility index (Phi) is 4.83. The molecule has 0 amide bonds. The van der Waals surface area contributed by atoms with Crippen LogP contribution >= 0.6 is 27.7 Å². The summed E-state index contributed by atoms with van der Waals surface area (Å²) in [5.41, 5.74) is 6.57. The number of hydrogen-bond acceptors (Lipinski definition) is 2. The summed E-state index contributed by atoms with van der Waals surface area (Å²) < 4.78 is 14.4. The van der Waals surface area contributed by atoms with Crippen LogP contribution in [0.3, 0.4) is 0 Å². The van der Waals surface area contributed by atoms with Crippen molar-refractivity contribution in [2.24, 2.45) is 5.73 Å². The monoisotopic (exact) mass is 305 g/mol.